The Morgan fingerprint density at radius 2 is 1.62 bits per heavy atom. The van der Waals surface area contributed by atoms with Crippen LogP contribution in [0.2, 0.25) is 0 Å². The number of aryl methyl sites for hydroxylation is 1. The van der Waals surface area contributed by atoms with Crippen LogP contribution < -0.4 is 10.6 Å². The summed E-state index contributed by atoms with van der Waals surface area (Å²) in [6.45, 7) is 7.28. The molecule has 2 rings (SSSR count). The van der Waals surface area contributed by atoms with Crippen molar-refractivity contribution in [1.29, 1.82) is 0 Å². The Balaban J connectivity index is 2.04. The van der Waals surface area contributed by atoms with E-state index in [2.05, 4.69) is 10.6 Å². The van der Waals surface area contributed by atoms with Crippen LogP contribution in [0.3, 0.4) is 0 Å². The molecule has 0 atom stereocenters. The van der Waals surface area contributed by atoms with Gasteiger partial charge in [-0.2, -0.15) is 0 Å². The summed E-state index contributed by atoms with van der Waals surface area (Å²) < 4.78 is 5.21. The Hall–Kier alpha value is -2.82. The Morgan fingerprint density at radius 3 is 2.21 bits per heavy atom. The molecule has 24 heavy (non-hydrogen) atoms. The summed E-state index contributed by atoms with van der Waals surface area (Å²) in [6.07, 6.45) is -0.511. The number of ether oxygens (including phenoxy) is 1. The van der Waals surface area contributed by atoms with Gasteiger partial charge in [0.25, 0.3) is 5.91 Å². The lowest BCUT2D eigenvalue weighted by molar-refractivity contribution is 0.0635. The van der Waals surface area contributed by atoms with E-state index in [1.54, 1.807) is 51.1 Å². The first-order chi connectivity index (χ1) is 11.2. The maximum Gasteiger partial charge on any atom is 0.412 e. The van der Waals surface area contributed by atoms with Crippen LogP contribution in [0.1, 0.15) is 36.7 Å². The van der Waals surface area contributed by atoms with Gasteiger partial charge in [-0.15, -0.1) is 0 Å². The van der Waals surface area contributed by atoms with Gasteiger partial charge in [0.05, 0.1) is 0 Å². The maximum absolute atomic E-state index is 12.2. The third kappa shape index (κ3) is 5.12. The third-order valence-corrected chi connectivity index (χ3v) is 3.16. The van der Waals surface area contributed by atoms with Crippen molar-refractivity contribution >= 4 is 23.4 Å². The highest BCUT2D eigenvalue weighted by molar-refractivity contribution is 6.04. The van der Waals surface area contributed by atoms with Crippen LogP contribution in [0.25, 0.3) is 0 Å². The standard InChI is InChI=1S/C19H22N2O3/c1-13-12-15(20-18(23)24-19(2,3)4)10-11-16(13)21-17(22)14-8-6-5-7-9-14/h5-12H,1-4H3,(H,20,23)(H,21,22). The van der Waals surface area contributed by atoms with E-state index in [1.165, 1.54) is 0 Å². The predicted molar refractivity (Wildman–Crippen MR) is 95.4 cm³/mol. The molecule has 0 radical (unpaired) electrons. The summed E-state index contributed by atoms with van der Waals surface area (Å²) in [5, 5.41) is 5.54. The largest absolute Gasteiger partial charge is 0.444 e. The summed E-state index contributed by atoms with van der Waals surface area (Å²) in [7, 11) is 0. The van der Waals surface area contributed by atoms with E-state index in [9.17, 15) is 9.59 Å². The zero-order valence-electron chi connectivity index (χ0n) is 14.3. The van der Waals surface area contributed by atoms with Crippen molar-refractivity contribution in [2.75, 3.05) is 10.6 Å². The van der Waals surface area contributed by atoms with Gasteiger partial charge < -0.3 is 10.1 Å². The number of nitrogens with one attached hydrogen (secondary N) is 2. The van der Waals surface area contributed by atoms with Crippen LogP contribution in [0, 0.1) is 6.92 Å². The van der Waals surface area contributed by atoms with Crippen LogP contribution in [0.15, 0.2) is 48.5 Å². The van der Waals surface area contributed by atoms with Gasteiger partial charge in [-0.05, 0) is 63.6 Å². The number of hydrogen-bond acceptors (Lipinski definition) is 3. The third-order valence-electron chi connectivity index (χ3n) is 3.16. The van der Waals surface area contributed by atoms with Crippen LogP contribution >= 0.6 is 0 Å². The number of hydrogen-bond donors (Lipinski definition) is 2. The molecule has 0 aliphatic rings. The molecule has 0 saturated carbocycles. The molecule has 0 fully saturated rings. The van der Waals surface area contributed by atoms with Crippen molar-refractivity contribution in [3.8, 4) is 0 Å². The molecule has 0 aliphatic heterocycles. The van der Waals surface area contributed by atoms with Gasteiger partial charge in [-0.3, -0.25) is 10.1 Å². The molecular weight excluding hydrogens is 304 g/mol. The molecule has 0 spiro atoms. The quantitative estimate of drug-likeness (QED) is 0.866. The zero-order chi connectivity index (χ0) is 17.7. The number of benzene rings is 2. The number of anilines is 2. The van der Waals surface area contributed by atoms with Crippen molar-refractivity contribution in [3.63, 3.8) is 0 Å². The van der Waals surface area contributed by atoms with Gasteiger partial charge in [-0.25, -0.2) is 4.79 Å². The van der Waals surface area contributed by atoms with Gasteiger partial charge in [0.15, 0.2) is 0 Å². The van der Waals surface area contributed by atoms with Crippen molar-refractivity contribution in [2.45, 2.75) is 33.3 Å². The smallest absolute Gasteiger partial charge is 0.412 e. The Labute approximate surface area is 142 Å². The van der Waals surface area contributed by atoms with Crippen LogP contribution in [0.5, 0.6) is 0 Å². The van der Waals surface area contributed by atoms with Crippen LogP contribution in [-0.2, 0) is 4.74 Å². The minimum absolute atomic E-state index is 0.174. The monoisotopic (exact) mass is 326 g/mol. The lowest BCUT2D eigenvalue weighted by atomic mass is 10.1. The van der Waals surface area contributed by atoms with Crippen LogP contribution in [-0.4, -0.2) is 17.6 Å². The molecule has 2 N–H and O–H groups in total. The minimum atomic E-state index is -0.553. The van der Waals surface area contributed by atoms with Gasteiger partial charge in [-0.1, -0.05) is 18.2 Å². The summed E-state index contributed by atoms with van der Waals surface area (Å²) in [5.74, 6) is -0.174. The summed E-state index contributed by atoms with van der Waals surface area (Å²) >= 11 is 0. The van der Waals surface area contributed by atoms with E-state index >= 15 is 0 Å². The molecule has 5 nitrogen and oxygen atoms in total. The molecule has 2 aromatic rings. The lowest BCUT2D eigenvalue weighted by Crippen LogP contribution is -2.27. The fourth-order valence-electron chi connectivity index (χ4n) is 2.09. The molecule has 0 aromatic heterocycles. The molecule has 0 heterocycles. The van der Waals surface area contributed by atoms with Gasteiger partial charge in [0.2, 0.25) is 0 Å². The molecule has 2 amide bonds. The second-order valence-electron chi connectivity index (χ2n) is 6.48. The Morgan fingerprint density at radius 1 is 0.958 bits per heavy atom. The Kier molecular flexibility index (Phi) is 5.24. The summed E-state index contributed by atoms with van der Waals surface area (Å²) in [5.41, 5.74) is 2.18. The lowest BCUT2D eigenvalue weighted by Gasteiger charge is -2.20. The van der Waals surface area contributed by atoms with Crippen molar-refractivity contribution < 1.29 is 14.3 Å². The average Bonchev–Trinajstić information content (AvgIpc) is 2.49. The highest BCUT2D eigenvalue weighted by atomic mass is 16.6. The summed E-state index contributed by atoms with van der Waals surface area (Å²) in [6, 6.07) is 14.3. The molecule has 0 aliphatic carbocycles. The van der Waals surface area contributed by atoms with E-state index in [0.717, 1.165) is 5.56 Å². The highest BCUT2D eigenvalue weighted by Crippen LogP contribution is 2.21. The molecule has 0 unspecified atom stereocenters. The second kappa shape index (κ2) is 7.17. The second-order valence-corrected chi connectivity index (χ2v) is 6.48. The minimum Gasteiger partial charge on any atom is -0.444 e. The number of rotatable bonds is 3. The number of carbonyl (C=O) groups is 2. The zero-order valence-corrected chi connectivity index (χ0v) is 14.3. The van der Waals surface area contributed by atoms with Crippen LogP contribution in [0.4, 0.5) is 16.2 Å². The highest BCUT2D eigenvalue weighted by Gasteiger charge is 2.16. The van der Waals surface area contributed by atoms with Gasteiger partial charge in [0, 0.05) is 16.9 Å². The van der Waals surface area contributed by atoms with Crippen molar-refractivity contribution in [1.82, 2.24) is 0 Å². The van der Waals surface area contributed by atoms with E-state index in [1.807, 2.05) is 25.1 Å². The molecular formula is C19H22N2O3. The Bertz CT molecular complexity index is 734. The van der Waals surface area contributed by atoms with E-state index in [4.69, 9.17) is 4.74 Å². The first-order valence-electron chi connectivity index (χ1n) is 7.72. The predicted octanol–water partition coefficient (Wildman–Crippen LogP) is 4.59. The molecule has 5 heteroatoms. The first-order valence-corrected chi connectivity index (χ1v) is 7.72. The molecule has 126 valence electrons. The maximum atomic E-state index is 12.2. The fraction of sp³-hybridized carbons (Fsp3) is 0.263. The van der Waals surface area contributed by atoms with Gasteiger partial charge >= 0.3 is 6.09 Å². The molecule has 2 aromatic carbocycles. The first kappa shape index (κ1) is 17.5. The van der Waals surface area contributed by atoms with E-state index in [-0.39, 0.29) is 5.91 Å². The molecule has 0 saturated heterocycles. The summed E-state index contributed by atoms with van der Waals surface area (Å²) in [4.78, 5) is 24.0. The fourth-order valence-corrected chi connectivity index (χ4v) is 2.09. The average molecular weight is 326 g/mol. The SMILES string of the molecule is Cc1cc(NC(=O)OC(C)(C)C)ccc1NC(=O)c1ccccc1. The van der Waals surface area contributed by atoms with E-state index in [0.29, 0.717) is 16.9 Å². The number of amides is 2. The topological polar surface area (TPSA) is 67.4 Å². The molecule has 0 bridgehead atoms. The number of carbonyl (C=O) groups excluding carboxylic acids is 2. The van der Waals surface area contributed by atoms with Gasteiger partial charge in [0.1, 0.15) is 5.60 Å². The van der Waals surface area contributed by atoms with Crippen molar-refractivity contribution in [3.05, 3.63) is 59.7 Å². The van der Waals surface area contributed by atoms with Crippen molar-refractivity contribution in [2.24, 2.45) is 0 Å². The van der Waals surface area contributed by atoms with E-state index < -0.39 is 11.7 Å². The normalized spacial score (nSPS) is 10.8.